The van der Waals surface area contributed by atoms with Crippen LogP contribution < -0.4 is 14.4 Å². The molecule has 1 aromatic carbocycles. The smallest absolute Gasteiger partial charge is 0.161 e. The van der Waals surface area contributed by atoms with Gasteiger partial charge in [0.15, 0.2) is 17.3 Å². The first-order chi connectivity index (χ1) is 12.2. The normalized spacial score (nSPS) is 13.9. The first-order valence-electron chi connectivity index (χ1n) is 8.46. The van der Waals surface area contributed by atoms with Gasteiger partial charge >= 0.3 is 0 Å². The minimum Gasteiger partial charge on any atom is -0.493 e. The van der Waals surface area contributed by atoms with Crippen molar-refractivity contribution >= 4 is 11.3 Å². The zero-order chi connectivity index (χ0) is 17.4. The lowest BCUT2D eigenvalue weighted by Gasteiger charge is -2.19. The molecule has 0 radical (unpaired) electrons. The van der Waals surface area contributed by atoms with Crippen LogP contribution >= 0.6 is 0 Å². The summed E-state index contributed by atoms with van der Waals surface area (Å²) in [7, 11) is 5.34. The molecule has 4 rings (SSSR count). The molecule has 25 heavy (non-hydrogen) atoms. The Morgan fingerprint density at radius 2 is 1.96 bits per heavy atom. The van der Waals surface area contributed by atoms with Crippen molar-refractivity contribution in [2.75, 3.05) is 26.2 Å². The zero-order valence-electron chi connectivity index (χ0n) is 14.8. The Balaban J connectivity index is 1.62. The second-order valence-corrected chi connectivity index (χ2v) is 6.47. The molecule has 0 N–H and O–H groups in total. The minimum absolute atomic E-state index is 0.629. The van der Waals surface area contributed by atoms with Crippen molar-refractivity contribution in [3.05, 3.63) is 47.9 Å². The molecule has 2 aromatic heterocycles. The Morgan fingerprint density at radius 3 is 2.68 bits per heavy atom. The predicted molar refractivity (Wildman–Crippen MR) is 96.6 cm³/mol. The van der Waals surface area contributed by atoms with Crippen LogP contribution in [0.1, 0.15) is 30.0 Å². The van der Waals surface area contributed by atoms with Crippen molar-refractivity contribution in [3.63, 3.8) is 0 Å². The Bertz CT molecular complexity index is 902. The van der Waals surface area contributed by atoms with Crippen molar-refractivity contribution in [1.29, 1.82) is 0 Å². The van der Waals surface area contributed by atoms with Crippen LogP contribution in [0.3, 0.4) is 0 Å². The van der Waals surface area contributed by atoms with Gasteiger partial charge in [0.25, 0.3) is 0 Å². The van der Waals surface area contributed by atoms with Crippen LogP contribution in [-0.4, -0.2) is 35.9 Å². The Hall–Kier alpha value is -2.76. The number of benzene rings is 1. The summed E-state index contributed by atoms with van der Waals surface area (Å²) in [5, 5.41) is 4.69. The summed E-state index contributed by atoms with van der Waals surface area (Å²) in [4.78, 5) is 6.72. The number of nitrogens with zero attached hydrogens (tertiary/aromatic N) is 4. The van der Waals surface area contributed by atoms with Crippen molar-refractivity contribution in [3.8, 4) is 11.5 Å². The average molecular weight is 338 g/mol. The van der Waals surface area contributed by atoms with Crippen LogP contribution in [0.25, 0.3) is 5.52 Å². The van der Waals surface area contributed by atoms with Gasteiger partial charge < -0.3 is 14.4 Å². The molecular weight excluding hydrogens is 316 g/mol. The summed E-state index contributed by atoms with van der Waals surface area (Å²) in [5.74, 6) is 3.03. The highest BCUT2D eigenvalue weighted by atomic mass is 16.5. The molecule has 0 atom stereocenters. The van der Waals surface area contributed by atoms with Crippen LogP contribution in [0.15, 0.2) is 36.7 Å². The Labute approximate surface area is 147 Å². The van der Waals surface area contributed by atoms with Gasteiger partial charge in [-0.15, -0.1) is 0 Å². The quantitative estimate of drug-likeness (QED) is 0.690. The van der Waals surface area contributed by atoms with E-state index in [1.165, 1.54) is 18.5 Å². The maximum atomic E-state index is 5.40. The second-order valence-electron chi connectivity index (χ2n) is 6.47. The van der Waals surface area contributed by atoms with Gasteiger partial charge in [-0.05, 0) is 36.6 Å². The molecule has 2 heterocycles. The molecule has 1 fully saturated rings. The molecule has 1 aliphatic carbocycles. The van der Waals surface area contributed by atoms with Crippen molar-refractivity contribution in [2.24, 2.45) is 0 Å². The van der Waals surface area contributed by atoms with Crippen LogP contribution in [0.5, 0.6) is 11.5 Å². The molecule has 0 unspecified atom stereocenters. The van der Waals surface area contributed by atoms with E-state index in [2.05, 4.69) is 21.0 Å². The van der Waals surface area contributed by atoms with Gasteiger partial charge in [0.2, 0.25) is 0 Å². The lowest BCUT2D eigenvalue weighted by Crippen LogP contribution is -2.18. The molecule has 0 amide bonds. The van der Waals surface area contributed by atoms with Gasteiger partial charge in [-0.2, -0.15) is 5.10 Å². The third-order valence-electron chi connectivity index (χ3n) is 4.61. The van der Waals surface area contributed by atoms with E-state index in [9.17, 15) is 0 Å². The minimum atomic E-state index is 0.629. The third kappa shape index (κ3) is 2.99. The predicted octanol–water partition coefficient (Wildman–Crippen LogP) is 3.26. The number of methoxy groups -OCH3 is 2. The highest BCUT2D eigenvalue weighted by Crippen LogP contribution is 2.40. The van der Waals surface area contributed by atoms with Crippen LogP contribution in [0.4, 0.5) is 5.82 Å². The van der Waals surface area contributed by atoms with Crippen LogP contribution in [-0.2, 0) is 6.54 Å². The summed E-state index contributed by atoms with van der Waals surface area (Å²) in [6.45, 7) is 0.719. The molecule has 0 spiro atoms. The number of hydrogen-bond acceptors (Lipinski definition) is 5. The topological polar surface area (TPSA) is 51.9 Å². The maximum Gasteiger partial charge on any atom is 0.161 e. The molecule has 0 bridgehead atoms. The Kier molecular flexibility index (Phi) is 3.95. The van der Waals surface area contributed by atoms with E-state index in [0.717, 1.165) is 34.9 Å². The van der Waals surface area contributed by atoms with Crippen LogP contribution in [0.2, 0.25) is 0 Å². The summed E-state index contributed by atoms with van der Waals surface area (Å²) in [6.07, 6.45) is 6.20. The van der Waals surface area contributed by atoms with Gasteiger partial charge in [0.1, 0.15) is 5.52 Å². The fourth-order valence-corrected chi connectivity index (χ4v) is 3.13. The molecule has 6 heteroatoms. The van der Waals surface area contributed by atoms with Crippen molar-refractivity contribution < 1.29 is 9.47 Å². The van der Waals surface area contributed by atoms with Gasteiger partial charge in [-0.3, -0.25) is 0 Å². The largest absolute Gasteiger partial charge is 0.493 e. The summed E-state index contributed by atoms with van der Waals surface area (Å²) < 4.78 is 12.6. The summed E-state index contributed by atoms with van der Waals surface area (Å²) in [6, 6.07) is 8.15. The Morgan fingerprint density at radius 1 is 1.16 bits per heavy atom. The van der Waals surface area contributed by atoms with E-state index in [4.69, 9.17) is 9.47 Å². The first kappa shape index (κ1) is 15.7. The summed E-state index contributed by atoms with van der Waals surface area (Å²) in [5.41, 5.74) is 3.35. The highest BCUT2D eigenvalue weighted by Gasteiger charge is 2.27. The number of hydrogen-bond donors (Lipinski definition) is 0. The molecule has 0 saturated heterocycles. The third-order valence-corrected chi connectivity index (χ3v) is 4.61. The zero-order valence-corrected chi connectivity index (χ0v) is 14.8. The molecule has 130 valence electrons. The van der Waals surface area contributed by atoms with Crippen LogP contribution in [0, 0.1) is 0 Å². The van der Waals surface area contributed by atoms with E-state index in [1.807, 2.05) is 36.0 Å². The molecule has 3 aromatic rings. The molecule has 1 saturated carbocycles. The fourth-order valence-electron chi connectivity index (χ4n) is 3.13. The first-order valence-corrected chi connectivity index (χ1v) is 8.46. The maximum absolute atomic E-state index is 5.40. The molecular formula is C19H22N4O2. The molecule has 6 nitrogen and oxygen atoms in total. The SMILES string of the molecule is COc1ccc(CN(C)c2nccn3nc(C4CC4)cc23)cc1OC. The lowest BCUT2D eigenvalue weighted by atomic mass is 10.2. The number of fused-ring (bicyclic) bond motifs is 1. The van der Waals surface area contributed by atoms with E-state index in [-0.39, 0.29) is 0 Å². The monoisotopic (exact) mass is 338 g/mol. The number of aromatic nitrogens is 3. The van der Waals surface area contributed by atoms with Gasteiger partial charge in [-0.25, -0.2) is 9.50 Å². The van der Waals surface area contributed by atoms with Gasteiger partial charge in [0, 0.05) is 31.9 Å². The highest BCUT2D eigenvalue weighted by molar-refractivity contribution is 5.69. The lowest BCUT2D eigenvalue weighted by molar-refractivity contribution is 0.354. The van der Waals surface area contributed by atoms with E-state index in [1.54, 1.807) is 20.4 Å². The number of anilines is 1. The second kappa shape index (κ2) is 6.27. The molecule has 0 aliphatic heterocycles. The van der Waals surface area contributed by atoms with Crippen molar-refractivity contribution in [1.82, 2.24) is 14.6 Å². The van der Waals surface area contributed by atoms with Gasteiger partial charge in [-0.1, -0.05) is 6.07 Å². The van der Waals surface area contributed by atoms with Crippen molar-refractivity contribution in [2.45, 2.75) is 25.3 Å². The fraction of sp³-hybridized carbons (Fsp3) is 0.368. The van der Waals surface area contributed by atoms with E-state index >= 15 is 0 Å². The van der Waals surface area contributed by atoms with E-state index in [0.29, 0.717) is 5.92 Å². The summed E-state index contributed by atoms with van der Waals surface area (Å²) >= 11 is 0. The number of rotatable bonds is 6. The average Bonchev–Trinajstić information content (AvgIpc) is 3.39. The standard InChI is InChI=1S/C19H22N4O2/c1-22(12-13-4-7-17(24-2)18(10-13)25-3)19-16-11-15(14-5-6-14)21-23(16)9-8-20-19/h4,7-11,14H,5-6,12H2,1-3H3. The number of ether oxygens (including phenoxy) is 2. The molecule has 1 aliphatic rings. The van der Waals surface area contributed by atoms with E-state index < -0.39 is 0 Å². The van der Waals surface area contributed by atoms with Gasteiger partial charge in [0.05, 0.1) is 19.9 Å².